The minimum atomic E-state index is -3.27. The molecule has 1 amide bonds. The summed E-state index contributed by atoms with van der Waals surface area (Å²) in [6.45, 7) is 0.983. The normalized spacial score (nSPS) is 27.0. The molecule has 1 aromatic carbocycles. The van der Waals surface area contributed by atoms with E-state index in [1.165, 1.54) is 5.56 Å². The molecule has 2 aliphatic heterocycles. The Hall–Kier alpha value is -1.64. The first-order valence-corrected chi connectivity index (χ1v) is 11.9. The molecule has 1 atom stereocenters. The molecule has 2 N–H and O–H groups in total. The van der Waals surface area contributed by atoms with Crippen LogP contribution in [0.1, 0.15) is 43.6 Å². The van der Waals surface area contributed by atoms with Gasteiger partial charge in [-0.05, 0) is 49.7 Å². The smallest absolute Gasteiger partial charge is 0.239 e. The fourth-order valence-corrected chi connectivity index (χ4v) is 4.64. The van der Waals surface area contributed by atoms with Gasteiger partial charge in [0.15, 0.2) is 0 Å². The summed E-state index contributed by atoms with van der Waals surface area (Å²) in [6, 6.07) is 8.33. The van der Waals surface area contributed by atoms with Gasteiger partial charge in [-0.3, -0.25) is 4.79 Å². The van der Waals surface area contributed by atoms with E-state index in [1.807, 2.05) is 18.0 Å². The van der Waals surface area contributed by atoms with E-state index in [9.17, 15) is 13.2 Å². The zero-order valence-electron chi connectivity index (χ0n) is 16.7. The van der Waals surface area contributed by atoms with Crippen LogP contribution in [0.4, 0.5) is 5.69 Å². The Morgan fingerprint density at radius 1 is 1.18 bits per heavy atom. The highest BCUT2D eigenvalue weighted by atomic mass is 32.2. The lowest BCUT2D eigenvalue weighted by Crippen LogP contribution is -2.41. The maximum absolute atomic E-state index is 12.4. The van der Waals surface area contributed by atoms with Crippen molar-refractivity contribution in [2.24, 2.45) is 0 Å². The number of fused-ring (bicyclic) bond motifs is 9. The highest BCUT2D eigenvalue weighted by Gasteiger charge is 2.28. The molecule has 0 spiro atoms. The maximum atomic E-state index is 12.4. The molecule has 0 aromatic heterocycles. The summed E-state index contributed by atoms with van der Waals surface area (Å²) in [5, 5.41) is 2.93. The van der Waals surface area contributed by atoms with Crippen molar-refractivity contribution < 1.29 is 17.9 Å². The third-order valence-corrected chi connectivity index (χ3v) is 6.28. The quantitative estimate of drug-likeness (QED) is 0.792. The number of nitrogens with one attached hydrogen (secondary N) is 2. The summed E-state index contributed by atoms with van der Waals surface area (Å²) in [7, 11) is -1.32. The van der Waals surface area contributed by atoms with E-state index in [4.69, 9.17) is 4.74 Å². The van der Waals surface area contributed by atoms with Crippen LogP contribution < -0.4 is 14.9 Å². The Balaban J connectivity index is 1.76. The number of nitrogens with zero attached hydrogens (tertiary/aromatic N) is 1. The lowest BCUT2D eigenvalue weighted by Gasteiger charge is -2.34. The fourth-order valence-electron chi connectivity index (χ4n) is 4.15. The van der Waals surface area contributed by atoms with Gasteiger partial charge in [0, 0.05) is 25.8 Å². The molecule has 2 heterocycles. The lowest BCUT2D eigenvalue weighted by molar-refractivity contribution is -0.119. The minimum absolute atomic E-state index is 0.0469. The van der Waals surface area contributed by atoms with Crippen LogP contribution in [0, 0.1) is 0 Å². The number of hydrogen-bond donors (Lipinski definition) is 2. The molecule has 1 aliphatic carbocycles. The zero-order chi connectivity index (χ0) is 20.1. The molecule has 8 heteroatoms. The molecule has 2 bridgehead atoms. The Kier molecular flexibility index (Phi) is 6.95. The van der Waals surface area contributed by atoms with Gasteiger partial charge in [0.05, 0.1) is 25.0 Å². The second-order valence-corrected chi connectivity index (χ2v) is 9.74. The van der Waals surface area contributed by atoms with Crippen LogP contribution in [0.5, 0.6) is 0 Å². The van der Waals surface area contributed by atoms with Crippen LogP contribution in [0.25, 0.3) is 0 Å². The van der Waals surface area contributed by atoms with E-state index in [1.54, 1.807) is 0 Å². The summed E-state index contributed by atoms with van der Waals surface area (Å²) in [5.74, 6) is 0.409. The number of rotatable bonds is 3. The van der Waals surface area contributed by atoms with Crippen molar-refractivity contribution in [1.29, 1.82) is 0 Å². The number of benzene rings is 1. The molecule has 3 aliphatic rings. The van der Waals surface area contributed by atoms with Crippen LogP contribution in [-0.2, 0) is 19.6 Å². The van der Waals surface area contributed by atoms with Gasteiger partial charge in [-0.25, -0.2) is 13.1 Å². The van der Waals surface area contributed by atoms with Crippen molar-refractivity contribution in [3.05, 3.63) is 29.8 Å². The second-order valence-electron chi connectivity index (χ2n) is 7.91. The number of para-hydroxylation sites is 1. The average molecular weight is 410 g/mol. The summed E-state index contributed by atoms with van der Waals surface area (Å²) >= 11 is 0. The number of sulfonamides is 1. The summed E-state index contributed by atoms with van der Waals surface area (Å²) < 4.78 is 31.7. The van der Waals surface area contributed by atoms with E-state index >= 15 is 0 Å². The SMILES string of the molecule is CN1CC(=O)NCCC(CNS(C)(=O)=O)OC2CCC(CC2)c2ccccc21. The Bertz CT molecular complexity index is 775. The molecule has 1 aromatic rings. The van der Waals surface area contributed by atoms with Crippen molar-refractivity contribution in [2.75, 3.05) is 37.8 Å². The number of amides is 1. The van der Waals surface area contributed by atoms with Crippen molar-refractivity contribution in [3.8, 4) is 0 Å². The van der Waals surface area contributed by atoms with Gasteiger partial charge < -0.3 is 15.0 Å². The van der Waals surface area contributed by atoms with Crippen molar-refractivity contribution >= 4 is 21.6 Å². The zero-order valence-corrected chi connectivity index (χ0v) is 17.5. The molecule has 1 saturated carbocycles. The van der Waals surface area contributed by atoms with Crippen molar-refractivity contribution in [2.45, 2.75) is 50.2 Å². The number of carbonyl (C=O) groups is 1. The summed E-state index contributed by atoms with van der Waals surface area (Å²) in [6.07, 6.45) is 5.61. The summed E-state index contributed by atoms with van der Waals surface area (Å²) in [5.41, 5.74) is 2.41. The van der Waals surface area contributed by atoms with Crippen LogP contribution >= 0.6 is 0 Å². The topological polar surface area (TPSA) is 87.7 Å². The third-order valence-electron chi connectivity index (χ3n) is 5.59. The van der Waals surface area contributed by atoms with Crippen LogP contribution in [0.15, 0.2) is 24.3 Å². The molecule has 1 fully saturated rings. The van der Waals surface area contributed by atoms with Gasteiger partial charge in [0.1, 0.15) is 0 Å². The molecule has 7 nitrogen and oxygen atoms in total. The van der Waals surface area contributed by atoms with Gasteiger partial charge in [0.25, 0.3) is 0 Å². The monoisotopic (exact) mass is 409 g/mol. The van der Waals surface area contributed by atoms with Gasteiger partial charge in [-0.15, -0.1) is 0 Å². The van der Waals surface area contributed by atoms with E-state index < -0.39 is 10.0 Å². The van der Waals surface area contributed by atoms with Gasteiger partial charge >= 0.3 is 0 Å². The van der Waals surface area contributed by atoms with E-state index in [2.05, 4.69) is 28.2 Å². The predicted octanol–water partition coefficient (Wildman–Crippen LogP) is 1.60. The molecule has 0 radical (unpaired) electrons. The molecule has 156 valence electrons. The summed E-state index contributed by atoms with van der Waals surface area (Å²) in [4.78, 5) is 14.4. The van der Waals surface area contributed by atoms with Crippen molar-refractivity contribution in [3.63, 3.8) is 0 Å². The van der Waals surface area contributed by atoms with E-state index in [0.29, 0.717) is 25.4 Å². The largest absolute Gasteiger partial charge is 0.374 e. The van der Waals surface area contributed by atoms with Crippen LogP contribution in [0.3, 0.4) is 0 Å². The first-order valence-electron chi connectivity index (χ1n) is 9.98. The first-order chi connectivity index (χ1) is 13.3. The molecule has 4 rings (SSSR count). The number of hydrogen-bond acceptors (Lipinski definition) is 5. The van der Waals surface area contributed by atoms with Crippen LogP contribution in [0.2, 0.25) is 0 Å². The van der Waals surface area contributed by atoms with Crippen molar-refractivity contribution in [1.82, 2.24) is 10.0 Å². The number of ether oxygens (including phenoxy) is 1. The molecule has 1 unspecified atom stereocenters. The lowest BCUT2D eigenvalue weighted by atomic mass is 9.81. The standard InChI is InChI=1S/C20H31N3O4S/c1-23-14-20(24)21-12-11-17(13-22-28(2,25)26)27-16-9-7-15(8-10-16)18-5-3-4-6-19(18)23/h3-6,15-17,22H,7-14H2,1-2H3,(H,21,24). The van der Waals surface area contributed by atoms with E-state index in [0.717, 1.165) is 37.6 Å². The minimum Gasteiger partial charge on any atom is -0.374 e. The Labute approximate surface area is 167 Å². The van der Waals surface area contributed by atoms with Gasteiger partial charge in [0.2, 0.25) is 15.9 Å². The Morgan fingerprint density at radius 3 is 2.61 bits per heavy atom. The van der Waals surface area contributed by atoms with Crippen LogP contribution in [-0.4, -0.2) is 59.5 Å². The number of anilines is 1. The highest BCUT2D eigenvalue weighted by molar-refractivity contribution is 7.88. The molecular weight excluding hydrogens is 378 g/mol. The maximum Gasteiger partial charge on any atom is 0.239 e. The molecular formula is C20H31N3O4S. The van der Waals surface area contributed by atoms with E-state index in [-0.39, 0.29) is 24.7 Å². The molecule has 0 saturated heterocycles. The number of likely N-dealkylation sites (N-methyl/N-ethyl adjacent to an activating group) is 1. The molecule has 28 heavy (non-hydrogen) atoms. The second kappa shape index (κ2) is 9.24. The average Bonchev–Trinajstić information content (AvgIpc) is 2.65. The number of carbonyl (C=O) groups excluding carboxylic acids is 1. The first kappa shape index (κ1) is 21.1. The predicted molar refractivity (Wildman–Crippen MR) is 110 cm³/mol. The highest BCUT2D eigenvalue weighted by Crippen LogP contribution is 2.38. The van der Waals surface area contributed by atoms with Gasteiger partial charge in [-0.2, -0.15) is 0 Å². The third kappa shape index (κ3) is 5.93. The Morgan fingerprint density at radius 2 is 1.89 bits per heavy atom. The fraction of sp³-hybridized carbons (Fsp3) is 0.650. The van der Waals surface area contributed by atoms with Gasteiger partial charge in [-0.1, -0.05) is 18.2 Å².